The number of carbonyl (C=O) groups excluding carboxylic acids is 3. The van der Waals surface area contributed by atoms with E-state index in [1.165, 1.54) is 0 Å². The zero-order valence-corrected chi connectivity index (χ0v) is 12.0. The van der Waals surface area contributed by atoms with E-state index in [2.05, 4.69) is 10.3 Å². The van der Waals surface area contributed by atoms with Gasteiger partial charge in [-0.15, -0.1) is 0 Å². The van der Waals surface area contributed by atoms with Crippen molar-refractivity contribution in [2.24, 2.45) is 0 Å². The maximum Gasteiger partial charge on any atom is 0.339 e. The van der Waals surface area contributed by atoms with Crippen molar-refractivity contribution in [3.63, 3.8) is 0 Å². The Bertz CT molecular complexity index is 858. The summed E-state index contributed by atoms with van der Waals surface area (Å²) in [5, 5.41) is 3.00. The first-order valence-electron chi connectivity index (χ1n) is 6.93. The first-order chi connectivity index (χ1) is 11.1. The molecule has 0 aliphatic carbocycles. The molecule has 2 N–H and O–H groups in total. The topological polar surface area (TPSA) is 109 Å². The molecule has 1 saturated heterocycles. The third-order valence-corrected chi connectivity index (χ3v) is 3.46. The highest BCUT2D eigenvalue weighted by Gasteiger charge is 2.27. The second-order valence-electron chi connectivity index (χ2n) is 4.95. The number of hydrogen-bond donors (Lipinski definition) is 2. The van der Waals surface area contributed by atoms with Gasteiger partial charge in [-0.3, -0.25) is 14.5 Å². The molecule has 1 fully saturated rings. The summed E-state index contributed by atoms with van der Waals surface area (Å²) in [7, 11) is 0. The first kappa shape index (κ1) is 14.8. The van der Waals surface area contributed by atoms with Gasteiger partial charge in [-0.25, -0.2) is 9.59 Å². The van der Waals surface area contributed by atoms with E-state index in [-0.39, 0.29) is 12.1 Å². The Kier molecular flexibility index (Phi) is 3.80. The summed E-state index contributed by atoms with van der Waals surface area (Å²) in [6.07, 6.45) is 0. The SMILES string of the molecule is O=C(OCC(=O)N1CCNC1=O)c1cc(=O)[nH]c2ccccc12. The lowest BCUT2D eigenvalue weighted by Crippen LogP contribution is -2.37. The number of amides is 3. The van der Waals surface area contributed by atoms with E-state index in [9.17, 15) is 19.2 Å². The van der Waals surface area contributed by atoms with Crippen LogP contribution in [0.5, 0.6) is 0 Å². The minimum Gasteiger partial charge on any atom is -0.452 e. The van der Waals surface area contributed by atoms with Crippen molar-refractivity contribution in [1.82, 2.24) is 15.2 Å². The van der Waals surface area contributed by atoms with Crippen LogP contribution < -0.4 is 10.9 Å². The zero-order chi connectivity index (χ0) is 16.4. The smallest absolute Gasteiger partial charge is 0.339 e. The number of pyridine rings is 1. The van der Waals surface area contributed by atoms with E-state index >= 15 is 0 Å². The number of imide groups is 1. The van der Waals surface area contributed by atoms with Gasteiger partial charge >= 0.3 is 12.0 Å². The first-order valence-corrected chi connectivity index (χ1v) is 6.93. The number of aromatic amines is 1. The van der Waals surface area contributed by atoms with Crippen LogP contribution in [0.3, 0.4) is 0 Å². The highest BCUT2D eigenvalue weighted by molar-refractivity contribution is 6.04. The molecular formula is C15H13N3O5. The molecule has 0 spiro atoms. The standard InChI is InChI=1S/C15H13N3O5/c19-12-7-10(9-3-1-2-4-11(9)17-12)14(21)23-8-13(20)18-6-5-16-15(18)22/h1-4,7H,5-6,8H2,(H,16,22)(H,17,19). The molecule has 1 aliphatic heterocycles. The van der Waals surface area contributed by atoms with Crippen LogP contribution in [0.4, 0.5) is 4.79 Å². The summed E-state index contributed by atoms with van der Waals surface area (Å²) in [6.45, 7) is 0.0494. The number of para-hydroxylation sites is 1. The molecule has 8 nitrogen and oxygen atoms in total. The summed E-state index contributed by atoms with van der Waals surface area (Å²) in [5.74, 6) is -1.40. The Balaban J connectivity index is 1.77. The monoisotopic (exact) mass is 315 g/mol. The summed E-state index contributed by atoms with van der Waals surface area (Å²) in [5.41, 5.74) is 0.126. The number of esters is 1. The van der Waals surface area contributed by atoms with Gasteiger partial charge < -0.3 is 15.0 Å². The predicted molar refractivity (Wildman–Crippen MR) is 80.0 cm³/mol. The number of carbonyl (C=O) groups is 3. The van der Waals surface area contributed by atoms with Gasteiger partial charge in [0.25, 0.3) is 5.91 Å². The van der Waals surface area contributed by atoms with E-state index < -0.39 is 30.1 Å². The van der Waals surface area contributed by atoms with Gasteiger partial charge in [0.1, 0.15) is 0 Å². The Labute approximate surface area is 130 Å². The second kappa shape index (κ2) is 5.91. The van der Waals surface area contributed by atoms with Crippen molar-refractivity contribution in [1.29, 1.82) is 0 Å². The molecule has 0 atom stereocenters. The second-order valence-corrected chi connectivity index (χ2v) is 4.95. The molecule has 0 saturated carbocycles. The molecule has 0 radical (unpaired) electrons. The predicted octanol–water partition coefficient (Wildman–Crippen LogP) is 0.237. The minimum absolute atomic E-state index is 0.0722. The maximum atomic E-state index is 12.2. The maximum absolute atomic E-state index is 12.2. The van der Waals surface area contributed by atoms with Crippen molar-refractivity contribution in [2.75, 3.05) is 19.7 Å². The summed E-state index contributed by atoms with van der Waals surface area (Å²) in [4.78, 5) is 50.6. The molecule has 0 unspecified atom stereocenters. The highest BCUT2D eigenvalue weighted by Crippen LogP contribution is 2.15. The lowest BCUT2D eigenvalue weighted by molar-refractivity contribution is -0.130. The van der Waals surface area contributed by atoms with Crippen LogP contribution in [-0.2, 0) is 9.53 Å². The molecule has 1 aromatic heterocycles. The normalized spacial score (nSPS) is 13.9. The zero-order valence-electron chi connectivity index (χ0n) is 12.0. The van der Waals surface area contributed by atoms with Crippen LogP contribution in [0, 0.1) is 0 Å². The van der Waals surface area contributed by atoms with Crippen LogP contribution >= 0.6 is 0 Å². The molecule has 1 aromatic carbocycles. The Morgan fingerprint density at radius 2 is 2.00 bits per heavy atom. The van der Waals surface area contributed by atoms with Gasteiger partial charge in [0.15, 0.2) is 6.61 Å². The van der Waals surface area contributed by atoms with Crippen molar-refractivity contribution < 1.29 is 19.1 Å². The highest BCUT2D eigenvalue weighted by atomic mass is 16.5. The number of H-pyrrole nitrogens is 1. The summed E-state index contributed by atoms with van der Waals surface area (Å²) < 4.78 is 4.95. The fourth-order valence-corrected chi connectivity index (χ4v) is 2.37. The Hall–Kier alpha value is -3.16. The number of nitrogens with one attached hydrogen (secondary N) is 2. The van der Waals surface area contributed by atoms with Gasteiger partial charge in [-0.2, -0.15) is 0 Å². The average Bonchev–Trinajstić information content (AvgIpc) is 2.97. The van der Waals surface area contributed by atoms with E-state index in [1.54, 1.807) is 24.3 Å². The fourth-order valence-electron chi connectivity index (χ4n) is 2.37. The summed E-state index contributed by atoms with van der Waals surface area (Å²) >= 11 is 0. The fraction of sp³-hybridized carbons (Fsp3) is 0.200. The number of rotatable bonds is 3. The number of urea groups is 1. The Morgan fingerprint density at radius 1 is 1.22 bits per heavy atom. The molecule has 0 bridgehead atoms. The molecule has 3 rings (SSSR count). The summed E-state index contributed by atoms with van der Waals surface area (Å²) in [6, 6.07) is 7.38. The van der Waals surface area contributed by atoms with Crippen LogP contribution in [0.2, 0.25) is 0 Å². The average molecular weight is 315 g/mol. The molecule has 2 heterocycles. The van der Waals surface area contributed by atoms with Crippen LogP contribution in [-0.4, -0.2) is 47.5 Å². The number of fused-ring (bicyclic) bond motifs is 1. The van der Waals surface area contributed by atoms with Gasteiger partial charge in [0, 0.05) is 30.1 Å². The van der Waals surface area contributed by atoms with Crippen LogP contribution in [0.15, 0.2) is 35.1 Å². The van der Waals surface area contributed by atoms with Crippen molar-refractivity contribution in [3.8, 4) is 0 Å². The van der Waals surface area contributed by atoms with Crippen molar-refractivity contribution >= 4 is 28.8 Å². The van der Waals surface area contributed by atoms with Crippen molar-refractivity contribution in [3.05, 3.63) is 46.2 Å². The molecule has 23 heavy (non-hydrogen) atoms. The number of benzene rings is 1. The minimum atomic E-state index is -0.791. The third kappa shape index (κ3) is 2.91. The number of aromatic nitrogens is 1. The number of hydrogen-bond acceptors (Lipinski definition) is 5. The van der Waals surface area contributed by atoms with E-state index in [0.717, 1.165) is 11.0 Å². The molecule has 3 amide bonds. The molecule has 118 valence electrons. The quantitative estimate of drug-likeness (QED) is 0.789. The van der Waals surface area contributed by atoms with E-state index in [0.29, 0.717) is 17.4 Å². The lowest BCUT2D eigenvalue weighted by Gasteiger charge is -2.12. The van der Waals surface area contributed by atoms with Gasteiger partial charge in [0.05, 0.1) is 5.56 Å². The third-order valence-electron chi connectivity index (χ3n) is 3.46. The van der Waals surface area contributed by atoms with Crippen molar-refractivity contribution in [2.45, 2.75) is 0 Å². The molecule has 2 aromatic rings. The number of ether oxygens (including phenoxy) is 1. The number of nitrogens with zero attached hydrogens (tertiary/aromatic N) is 1. The van der Waals surface area contributed by atoms with E-state index in [1.807, 2.05) is 0 Å². The van der Waals surface area contributed by atoms with E-state index in [4.69, 9.17) is 4.74 Å². The molecular weight excluding hydrogens is 302 g/mol. The molecule has 1 aliphatic rings. The van der Waals surface area contributed by atoms with Gasteiger partial charge in [-0.1, -0.05) is 18.2 Å². The van der Waals surface area contributed by atoms with Crippen LogP contribution in [0.25, 0.3) is 10.9 Å². The van der Waals surface area contributed by atoms with Gasteiger partial charge in [0.2, 0.25) is 5.56 Å². The lowest BCUT2D eigenvalue weighted by atomic mass is 10.1. The molecule has 8 heteroatoms. The Morgan fingerprint density at radius 3 is 2.74 bits per heavy atom. The van der Waals surface area contributed by atoms with Crippen LogP contribution in [0.1, 0.15) is 10.4 Å². The largest absolute Gasteiger partial charge is 0.452 e. The van der Waals surface area contributed by atoms with Gasteiger partial charge in [-0.05, 0) is 6.07 Å².